The Morgan fingerprint density at radius 2 is 2.06 bits per heavy atom. The molecule has 0 saturated heterocycles. The minimum atomic E-state index is -1.42. The van der Waals surface area contributed by atoms with E-state index in [9.17, 15) is 19.1 Å². The molecule has 0 aliphatic carbocycles. The summed E-state index contributed by atoms with van der Waals surface area (Å²) < 4.78 is 14.0. The molecule has 0 atom stereocenters. The van der Waals surface area contributed by atoms with Gasteiger partial charge in [-0.25, -0.2) is 9.36 Å². The van der Waals surface area contributed by atoms with E-state index in [2.05, 4.69) is 0 Å². The van der Waals surface area contributed by atoms with Crippen LogP contribution in [0.5, 0.6) is 5.88 Å². The Labute approximate surface area is 105 Å². The number of aromatic amines is 1. The molecule has 18 heavy (non-hydrogen) atoms. The molecule has 2 N–H and O–H groups in total. The van der Waals surface area contributed by atoms with Crippen LogP contribution in [0.25, 0.3) is 5.69 Å². The van der Waals surface area contributed by atoms with Gasteiger partial charge in [0.15, 0.2) is 0 Å². The van der Waals surface area contributed by atoms with E-state index in [0.717, 1.165) is 0 Å². The fourth-order valence-electron chi connectivity index (χ4n) is 1.55. The van der Waals surface area contributed by atoms with Gasteiger partial charge in [0.25, 0.3) is 5.56 Å². The number of aromatic nitrogens is 2. The molecule has 0 bridgehead atoms. The summed E-state index contributed by atoms with van der Waals surface area (Å²) in [7, 11) is 0. The van der Waals surface area contributed by atoms with Gasteiger partial charge >= 0.3 is 5.69 Å². The van der Waals surface area contributed by atoms with Crippen molar-refractivity contribution in [2.75, 3.05) is 0 Å². The van der Waals surface area contributed by atoms with Crippen LogP contribution in [-0.4, -0.2) is 14.7 Å². The zero-order chi connectivity index (χ0) is 13.4. The Bertz CT molecular complexity index is 736. The molecule has 0 saturated carbocycles. The summed E-state index contributed by atoms with van der Waals surface area (Å²) in [5.74, 6) is -2.47. The van der Waals surface area contributed by atoms with Crippen molar-refractivity contribution >= 4 is 11.6 Å². The number of aromatic hydroxyl groups is 1. The lowest BCUT2D eigenvalue weighted by atomic mass is 10.2. The van der Waals surface area contributed by atoms with Gasteiger partial charge in [-0.3, -0.25) is 9.78 Å². The van der Waals surface area contributed by atoms with Gasteiger partial charge in [0.05, 0.1) is 5.69 Å². The van der Waals surface area contributed by atoms with Crippen molar-refractivity contribution in [1.82, 2.24) is 9.55 Å². The number of rotatable bonds is 1. The van der Waals surface area contributed by atoms with E-state index in [0.29, 0.717) is 15.2 Å². The summed E-state index contributed by atoms with van der Waals surface area (Å²) in [5.41, 5.74) is -1.43. The number of H-pyrrole nitrogens is 1. The zero-order valence-electron chi connectivity index (χ0n) is 9.20. The van der Waals surface area contributed by atoms with E-state index in [1.54, 1.807) is 24.0 Å². The molecule has 1 aromatic heterocycles. The zero-order valence-corrected chi connectivity index (χ0v) is 9.95. The third-order valence-electron chi connectivity index (χ3n) is 2.44. The normalized spacial score (nSPS) is 10.6. The van der Waals surface area contributed by atoms with Crippen LogP contribution in [-0.2, 0) is 0 Å². The van der Waals surface area contributed by atoms with Crippen molar-refractivity contribution in [3.05, 3.63) is 55.4 Å². The van der Waals surface area contributed by atoms with Crippen molar-refractivity contribution in [1.29, 1.82) is 0 Å². The summed E-state index contributed by atoms with van der Waals surface area (Å²) in [6.45, 7) is 1.65. The summed E-state index contributed by atoms with van der Waals surface area (Å²) in [6.07, 6.45) is 0. The second kappa shape index (κ2) is 4.30. The summed E-state index contributed by atoms with van der Waals surface area (Å²) >= 11 is 5.78. The van der Waals surface area contributed by atoms with Gasteiger partial charge in [-0.05, 0) is 24.6 Å². The van der Waals surface area contributed by atoms with Gasteiger partial charge in [0.2, 0.25) is 11.7 Å². The van der Waals surface area contributed by atoms with E-state index in [1.165, 1.54) is 6.07 Å². The smallest absolute Gasteiger partial charge is 0.335 e. The van der Waals surface area contributed by atoms with E-state index >= 15 is 0 Å². The van der Waals surface area contributed by atoms with Crippen LogP contribution >= 0.6 is 11.6 Å². The third kappa shape index (κ3) is 1.91. The minimum Gasteiger partial charge on any atom is -0.492 e. The highest BCUT2D eigenvalue weighted by atomic mass is 35.5. The second-order valence-electron chi connectivity index (χ2n) is 3.66. The number of hydrogen-bond donors (Lipinski definition) is 2. The Morgan fingerprint density at radius 1 is 1.39 bits per heavy atom. The Balaban J connectivity index is 2.88. The number of benzene rings is 1. The van der Waals surface area contributed by atoms with Gasteiger partial charge in [0.1, 0.15) is 0 Å². The van der Waals surface area contributed by atoms with Gasteiger partial charge in [-0.1, -0.05) is 17.7 Å². The van der Waals surface area contributed by atoms with Crippen molar-refractivity contribution < 1.29 is 9.50 Å². The van der Waals surface area contributed by atoms with Crippen molar-refractivity contribution in [3.63, 3.8) is 0 Å². The lowest BCUT2D eigenvalue weighted by Crippen LogP contribution is -2.31. The van der Waals surface area contributed by atoms with Crippen LogP contribution in [0.2, 0.25) is 5.02 Å². The molecule has 0 fully saturated rings. The van der Waals surface area contributed by atoms with Crippen molar-refractivity contribution in [3.8, 4) is 11.6 Å². The lowest BCUT2D eigenvalue weighted by Gasteiger charge is -2.11. The summed E-state index contributed by atoms with van der Waals surface area (Å²) in [4.78, 5) is 24.3. The first-order valence-electron chi connectivity index (χ1n) is 4.92. The summed E-state index contributed by atoms with van der Waals surface area (Å²) in [6, 6.07) is 4.58. The third-order valence-corrected chi connectivity index (χ3v) is 2.68. The maximum absolute atomic E-state index is 13.3. The first-order chi connectivity index (χ1) is 8.41. The number of nitrogens with one attached hydrogen (secondary N) is 1. The molecule has 0 aliphatic rings. The molecular weight excluding hydrogens is 263 g/mol. The van der Waals surface area contributed by atoms with Gasteiger partial charge in [-0.15, -0.1) is 0 Å². The molecule has 0 amide bonds. The van der Waals surface area contributed by atoms with E-state index < -0.39 is 22.9 Å². The van der Waals surface area contributed by atoms with Crippen LogP contribution in [0, 0.1) is 12.7 Å². The quantitative estimate of drug-likeness (QED) is 0.821. The molecule has 1 aromatic carbocycles. The fourth-order valence-corrected chi connectivity index (χ4v) is 1.72. The molecule has 1 heterocycles. The second-order valence-corrected chi connectivity index (χ2v) is 4.10. The molecule has 2 rings (SSSR count). The fraction of sp³-hybridized carbons (Fsp3) is 0.0909. The van der Waals surface area contributed by atoms with E-state index in [4.69, 9.17) is 11.6 Å². The average molecular weight is 271 g/mol. The van der Waals surface area contributed by atoms with E-state index in [1.807, 2.05) is 0 Å². The van der Waals surface area contributed by atoms with Crippen molar-refractivity contribution in [2.45, 2.75) is 6.92 Å². The highest BCUT2D eigenvalue weighted by Crippen LogP contribution is 2.22. The number of nitrogens with zero attached hydrogens (tertiary/aromatic N) is 1. The van der Waals surface area contributed by atoms with Crippen LogP contribution < -0.4 is 11.2 Å². The lowest BCUT2D eigenvalue weighted by molar-refractivity contribution is 0.386. The van der Waals surface area contributed by atoms with Gasteiger partial charge < -0.3 is 5.11 Å². The van der Waals surface area contributed by atoms with Crippen LogP contribution in [0.15, 0.2) is 27.8 Å². The van der Waals surface area contributed by atoms with Crippen LogP contribution in [0.1, 0.15) is 5.56 Å². The Hall–Kier alpha value is -2.08. The molecule has 0 aliphatic heterocycles. The average Bonchev–Trinajstić information content (AvgIpc) is 2.31. The molecule has 7 heteroatoms. The topological polar surface area (TPSA) is 75.1 Å². The van der Waals surface area contributed by atoms with E-state index in [-0.39, 0.29) is 5.69 Å². The number of aryl methyl sites for hydroxylation is 1. The van der Waals surface area contributed by atoms with Crippen LogP contribution in [0.4, 0.5) is 4.39 Å². The SMILES string of the molecule is Cc1ccc(Cl)cc1-n1c(O)c(F)c(=O)[nH]c1=O. The molecule has 0 spiro atoms. The standard InChI is InChI=1S/C11H8ClFN2O3/c1-5-2-3-6(12)4-7(5)15-10(17)8(13)9(16)14-11(15)18/h2-4,17H,1H3,(H,14,16,18). The van der Waals surface area contributed by atoms with Gasteiger partial charge in [-0.2, -0.15) is 4.39 Å². The number of halogens is 2. The first kappa shape index (κ1) is 12.4. The minimum absolute atomic E-state index is 0.195. The highest BCUT2D eigenvalue weighted by molar-refractivity contribution is 6.30. The molecule has 5 nitrogen and oxygen atoms in total. The maximum atomic E-state index is 13.3. The van der Waals surface area contributed by atoms with Crippen molar-refractivity contribution in [2.24, 2.45) is 0 Å². The molecule has 0 radical (unpaired) electrons. The molecule has 94 valence electrons. The van der Waals surface area contributed by atoms with Crippen LogP contribution in [0.3, 0.4) is 0 Å². The monoisotopic (exact) mass is 270 g/mol. The maximum Gasteiger partial charge on any atom is 0.335 e. The predicted octanol–water partition coefficient (Wildman–Crippen LogP) is 1.33. The first-order valence-corrected chi connectivity index (χ1v) is 5.30. The molecular formula is C11H8ClFN2O3. The highest BCUT2D eigenvalue weighted by Gasteiger charge is 2.16. The largest absolute Gasteiger partial charge is 0.492 e. The Kier molecular flexibility index (Phi) is 2.96. The van der Waals surface area contributed by atoms with Gasteiger partial charge in [0, 0.05) is 5.02 Å². The predicted molar refractivity (Wildman–Crippen MR) is 64.0 cm³/mol. The Morgan fingerprint density at radius 3 is 2.72 bits per heavy atom. The number of hydrogen-bond acceptors (Lipinski definition) is 3. The molecule has 2 aromatic rings. The summed E-state index contributed by atoms with van der Waals surface area (Å²) in [5, 5.41) is 9.87. The molecule has 0 unspecified atom stereocenters.